The van der Waals surface area contributed by atoms with E-state index in [2.05, 4.69) is 15.8 Å². The molecule has 2 aromatic carbocycles. The van der Waals surface area contributed by atoms with Crippen LogP contribution in [0, 0.1) is 6.92 Å². The van der Waals surface area contributed by atoms with Crippen molar-refractivity contribution in [3.05, 3.63) is 47.5 Å². The zero-order valence-electron chi connectivity index (χ0n) is 13.5. The molecule has 0 radical (unpaired) electrons. The number of hydrazine groups is 1. The molecular formula is C17H17N3O2S2. The molecule has 0 fully saturated rings. The van der Waals surface area contributed by atoms with Crippen LogP contribution >= 0.6 is 23.1 Å². The number of fused-ring (bicyclic) bond motifs is 1. The third-order valence-electron chi connectivity index (χ3n) is 3.54. The number of carbonyl (C=O) groups is 1. The van der Waals surface area contributed by atoms with Gasteiger partial charge in [-0.3, -0.25) is 15.6 Å². The van der Waals surface area contributed by atoms with Crippen molar-refractivity contribution in [2.24, 2.45) is 0 Å². The largest absolute Gasteiger partial charge is 0.494 e. The van der Waals surface area contributed by atoms with E-state index in [1.165, 1.54) is 11.3 Å². The highest BCUT2D eigenvalue weighted by Crippen LogP contribution is 2.34. The van der Waals surface area contributed by atoms with Gasteiger partial charge in [-0.1, -0.05) is 23.5 Å². The molecule has 0 spiro atoms. The normalized spacial score (nSPS) is 10.6. The maximum atomic E-state index is 12.3. The Kier molecular flexibility index (Phi) is 4.92. The molecule has 3 rings (SSSR count). The van der Waals surface area contributed by atoms with Crippen molar-refractivity contribution in [2.75, 3.05) is 18.8 Å². The van der Waals surface area contributed by atoms with Crippen molar-refractivity contribution >= 4 is 44.4 Å². The molecule has 0 unspecified atom stereocenters. The molecular weight excluding hydrogens is 342 g/mol. The number of amides is 1. The predicted molar refractivity (Wildman–Crippen MR) is 100 cm³/mol. The summed E-state index contributed by atoms with van der Waals surface area (Å²) < 4.78 is 6.38. The number of nitrogens with zero attached hydrogens (tertiary/aromatic N) is 1. The first-order chi connectivity index (χ1) is 11.6. The third kappa shape index (κ3) is 3.32. The van der Waals surface area contributed by atoms with Crippen LogP contribution in [0.15, 0.2) is 41.3 Å². The SMILES string of the molecule is COc1ccc(C)c2sc(NNC(=O)c3cccc(SC)c3)nc12. The molecule has 1 aromatic heterocycles. The van der Waals surface area contributed by atoms with Gasteiger partial charge in [-0.2, -0.15) is 0 Å². The van der Waals surface area contributed by atoms with Crippen molar-refractivity contribution in [2.45, 2.75) is 11.8 Å². The van der Waals surface area contributed by atoms with Crippen LogP contribution in [0.4, 0.5) is 5.13 Å². The number of hydrogen-bond donors (Lipinski definition) is 2. The summed E-state index contributed by atoms with van der Waals surface area (Å²) in [4.78, 5) is 17.8. The van der Waals surface area contributed by atoms with Gasteiger partial charge >= 0.3 is 0 Å². The summed E-state index contributed by atoms with van der Waals surface area (Å²) >= 11 is 3.08. The molecule has 0 aliphatic heterocycles. The Morgan fingerprint density at radius 3 is 2.88 bits per heavy atom. The van der Waals surface area contributed by atoms with Crippen LogP contribution in [0.1, 0.15) is 15.9 Å². The van der Waals surface area contributed by atoms with E-state index in [-0.39, 0.29) is 5.91 Å². The molecule has 0 atom stereocenters. The minimum atomic E-state index is -0.200. The zero-order chi connectivity index (χ0) is 17.1. The number of aryl methyl sites for hydroxylation is 1. The smallest absolute Gasteiger partial charge is 0.269 e. The second kappa shape index (κ2) is 7.11. The molecule has 0 aliphatic rings. The van der Waals surface area contributed by atoms with Gasteiger partial charge in [0.15, 0.2) is 0 Å². The molecule has 5 nitrogen and oxygen atoms in total. The number of nitrogens with one attached hydrogen (secondary N) is 2. The summed E-state index contributed by atoms with van der Waals surface area (Å²) in [6, 6.07) is 11.4. The molecule has 0 saturated carbocycles. The van der Waals surface area contributed by atoms with E-state index in [1.807, 2.05) is 43.5 Å². The second-order valence-electron chi connectivity index (χ2n) is 5.09. The van der Waals surface area contributed by atoms with Gasteiger partial charge in [0.1, 0.15) is 11.3 Å². The van der Waals surface area contributed by atoms with E-state index in [0.29, 0.717) is 10.7 Å². The highest BCUT2D eigenvalue weighted by molar-refractivity contribution is 7.98. The second-order valence-corrected chi connectivity index (χ2v) is 6.97. The fourth-order valence-corrected chi connectivity index (χ4v) is 3.64. The van der Waals surface area contributed by atoms with Gasteiger partial charge in [0.25, 0.3) is 5.91 Å². The molecule has 3 aromatic rings. The minimum absolute atomic E-state index is 0.200. The van der Waals surface area contributed by atoms with Gasteiger partial charge in [0.2, 0.25) is 5.13 Å². The fourth-order valence-electron chi connectivity index (χ4n) is 2.27. The van der Waals surface area contributed by atoms with Gasteiger partial charge in [-0.25, -0.2) is 4.98 Å². The summed E-state index contributed by atoms with van der Waals surface area (Å²) in [6.07, 6.45) is 1.98. The van der Waals surface area contributed by atoms with E-state index in [4.69, 9.17) is 4.74 Å². The number of hydrogen-bond acceptors (Lipinski definition) is 6. The molecule has 24 heavy (non-hydrogen) atoms. The van der Waals surface area contributed by atoms with Gasteiger partial charge in [-0.15, -0.1) is 11.8 Å². The molecule has 0 saturated heterocycles. The Balaban J connectivity index is 1.78. The predicted octanol–water partition coefficient (Wildman–Crippen LogP) is 4.09. The number of thiazole rings is 1. The lowest BCUT2D eigenvalue weighted by Crippen LogP contribution is -2.29. The van der Waals surface area contributed by atoms with Crippen molar-refractivity contribution in [3.63, 3.8) is 0 Å². The monoisotopic (exact) mass is 359 g/mol. The standard InChI is InChI=1S/C17H17N3O2S2/c1-10-7-8-13(22-2)14-15(10)24-17(18-14)20-19-16(21)11-5-4-6-12(9-11)23-3/h4-9H,1-3H3,(H,18,20)(H,19,21). The minimum Gasteiger partial charge on any atom is -0.494 e. The summed E-state index contributed by atoms with van der Waals surface area (Å²) in [5.74, 6) is 0.521. The van der Waals surface area contributed by atoms with Gasteiger partial charge in [0.05, 0.1) is 11.8 Å². The van der Waals surface area contributed by atoms with Crippen molar-refractivity contribution in [1.82, 2.24) is 10.4 Å². The lowest BCUT2D eigenvalue weighted by atomic mass is 10.2. The molecule has 1 amide bonds. The first-order valence-corrected chi connectivity index (χ1v) is 9.31. The number of methoxy groups -OCH3 is 1. The van der Waals surface area contributed by atoms with Crippen LogP contribution < -0.4 is 15.6 Å². The Labute approximate surface area is 148 Å². The highest BCUT2D eigenvalue weighted by atomic mass is 32.2. The van der Waals surface area contributed by atoms with E-state index in [0.717, 1.165) is 26.4 Å². The molecule has 0 bridgehead atoms. The number of anilines is 1. The van der Waals surface area contributed by atoms with Crippen molar-refractivity contribution < 1.29 is 9.53 Å². The van der Waals surface area contributed by atoms with E-state index < -0.39 is 0 Å². The first-order valence-electron chi connectivity index (χ1n) is 7.27. The molecule has 2 N–H and O–H groups in total. The van der Waals surface area contributed by atoms with Crippen LogP contribution in [-0.4, -0.2) is 24.3 Å². The maximum absolute atomic E-state index is 12.3. The Hall–Kier alpha value is -2.25. The summed E-state index contributed by atoms with van der Waals surface area (Å²) in [6.45, 7) is 2.02. The molecule has 0 aliphatic carbocycles. The molecule has 124 valence electrons. The summed E-state index contributed by atoms with van der Waals surface area (Å²) in [5, 5.41) is 0.618. The van der Waals surface area contributed by atoms with Crippen LogP contribution in [0.3, 0.4) is 0 Å². The van der Waals surface area contributed by atoms with Crippen LogP contribution in [-0.2, 0) is 0 Å². The number of ether oxygens (including phenoxy) is 1. The third-order valence-corrected chi connectivity index (χ3v) is 5.37. The van der Waals surface area contributed by atoms with E-state index in [1.54, 1.807) is 24.9 Å². The molecule has 7 heteroatoms. The number of benzene rings is 2. The van der Waals surface area contributed by atoms with E-state index >= 15 is 0 Å². The highest BCUT2D eigenvalue weighted by Gasteiger charge is 2.12. The van der Waals surface area contributed by atoms with Crippen LogP contribution in [0.5, 0.6) is 5.75 Å². The average molecular weight is 359 g/mol. The Bertz CT molecular complexity index is 893. The Morgan fingerprint density at radius 1 is 1.29 bits per heavy atom. The molecule has 1 heterocycles. The first kappa shape index (κ1) is 16.6. The van der Waals surface area contributed by atoms with Crippen LogP contribution in [0.2, 0.25) is 0 Å². The summed E-state index contributed by atoms with van der Waals surface area (Å²) in [7, 11) is 1.62. The number of rotatable bonds is 5. The van der Waals surface area contributed by atoms with Gasteiger partial charge in [0, 0.05) is 10.5 Å². The van der Waals surface area contributed by atoms with Crippen LogP contribution in [0.25, 0.3) is 10.2 Å². The Morgan fingerprint density at radius 2 is 2.12 bits per heavy atom. The van der Waals surface area contributed by atoms with Crippen molar-refractivity contribution in [3.8, 4) is 5.75 Å². The lowest BCUT2D eigenvalue weighted by Gasteiger charge is -2.06. The number of aromatic nitrogens is 1. The fraction of sp³-hybridized carbons (Fsp3) is 0.176. The quantitative estimate of drug-likeness (QED) is 0.531. The van der Waals surface area contributed by atoms with Crippen molar-refractivity contribution in [1.29, 1.82) is 0 Å². The topological polar surface area (TPSA) is 63.2 Å². The zero-order valence-corrected chi connectivity index (χ0v) is 15.2. The van der Waals surface area contributed by atoms with Gasteiger partial charge < -0.3 is 4.74 Å². The maximum Gasteiger partial charge on any atom is 0.269 e. The summed E-state index contributed by atoms with van der Waals surface area (Å²) in [5.41, 5.74) is 8.10. The lowest BCUT2D eigenvalue weighted by molar-refractivity contribution is 0.0962. The average Bonchev–Trinajstić information content (AvgIpc) is 3.05. The van der Waals surface area contributed by atoms with E-state index in [9.17, 15) is 4.79 Å². The number of carbonyl (C=O) groups excluding carboxylic acids is 1. The number of thioether (sulfide) groups is 1. The van der Waals surface area contributed by atoms with Gasteiger partial charge in [-0.05, 0) is 43.0 Å².